The number of carbonyl (C=O) groups is 1. The van der Waals surface area contributed by atoms with Gasteiger partial charge in [-0.15, -0.1) is 0 Å². The van der Waals surface area contributed by atoms with Gasteiger partial charge in [-0.05, 0) is 43.0 Å². The number of amides is 1. The molecule has 0 bridgehead atoms. The van der Waals surface area contributed by atoms with Crippen LogP contribution in [0.25, 0.3) is 0 Å². The largest absolute Gasteiger partial charge is 0.356 e. The summed E-state index contributed by atoms with van der Waals surface area (Å²) in [7, 11) is -1.15. The molecule has 1 saturated heterocycles. The van der Waals surface area contributed by atoms with Gasteiger partial charge in [0.1, 0.15) is 5.82 Å². The molecule has 2 heterocycles. The molecule has 3 rings (SSSR count). The summed E-state index contributed by atoms with van der Waals surface area (Å²) in [5.41, 5.74) is 3.45. The number of carbonyl (C=O) groups excluding carboxylic acids is 1. The number of hydrogen-bond acceptors (Lipinski definition) is 5. The Labute approximate surface area is 160 Å². The van der Waals surface area contributed by atoms with Gasteiger partial charge in [0, 0.05) is 30.5 Å². The monoisotopic (exact) mass is 387 g/mol. The zero-order valence-corrected chi connectivity index (χ0v) is 16.7. The topological polar surface area (TPSA) is 79.4 Å². The molecule has 0 radical (unpaired) electrons. The first-order chi connectivity index (χ1) is 12.8. The predicted octanol–water partition coefficient (Wildman–Crippen LogP) is 2.83. The van der Waals surface area contributed by atoms with Gasteiger partial charge in [-0.2, -0.15) is 0 Å². The first kappa shape index (κ1) is 19.4. The third-order valence-corrected chi connectivity index (χ3v) is 6.85. The van der Waals surface area contributed by atoms with Crippen LogP contribution in [0.5, 0.6) is 0 Å². The Kier molecular flexibility index (Phi) is 5.51. The third kappa shape index (κ3) is 4.30. The first-order valence-corrected chi connectivity index (χ1v) is 10.9. The second-order valence-corrected chi connectivity index (χ2v) is 9.22. The number of nitrogens with one attached hydrogen (secondary N) is 1. The first-order valence-electron chi connectivity index (χ1n) is 9.10. The molecule has 1 aliphatic rings. The van der Waals surface area contributed by atoms with Crippen LogP contribution in [0.2, 0.25) is 0 Å². The predicted molar refractivity (Wildman–Crippen MR) is 108 cm³/mol. The van der Waals surface area contributed by atoms with Crippen molar-refractivity contribution in [3.8, 4) is 0 Å². The molecule has 0 spiro atoms. The third-order valence-electron chi connectivity index (χ3n) is 5.10. The molecule has 1 aromatic heterocycles. The molecule has 1 amide bonds. The molecule has 7 heteroatoms. The molecule has 1 aliphatic heterocycles. The molecule has 1 aromatic carbocycles. The van der Waals surface area contributed by atoms with Crippen LogP contribution in [-0.2, 0) is 16.3 Å². The maximum absolute atomic E-state index is 12.8. The summed E-state index contributed by atoms with van der Waals surface area (Å²) >= 11 is 0. The van der Waals surface area contributed by atoms with Crippen LogP contribution in [0.1, 0.15) is 34.8 Å². The van der Waals surface area contributed by atoms with Gasteiger partial charge in [0.05, 0.1) is 11.5 Å². The highest BCUT2D eigenvalue weighted by atomic mass is 32.2. The van der Waals surface area contributed by atoms with Crippen molar-refractivity contribution in [1.29, 1.82) is 0 Å². The number of nitrogens with zero attached hydrogens (tertiary/aromatic N) is 2. The van der Waals surface area contributed by atoms with E-state index < -0.39 is 9.84 Å². The lowest BCUT2D eigenvalue weighted by Gasteiger charge is -2.24. The number of hydrogen-bond donors (Lipinski definition) is 1. The van der Waals surface area contributed by atoms with Crippen LogP contribution in [0, 0.1) is 6.92 Å². The van der Waals surface area contributed by atoms with Gasteiger partial charge >= 0.3 is 0 Å². The van der Waals surface area contributed by atoms with E-state index in [1.54, 1.807) is 18.3 Å². The van der Waals surface area contributed by atoms with Crippen molar-refractivity contribution < 1.29 is 13.2 Å². The van der Waals surface area contributed by atoms with E-state index in [0.29, 0.717) is 17.8 Å². The molecule has 27 heavy (non-hydrogen) atoms. The number of anilines is 2. The Bertz CT molecular complexity index is 957. The van der Waals surface area contributed by atoms with Gasteiger partial charge in [-0.3, -0.25) is 4.79 Å². The standard InChI is InChI=1S/C20H25N3O3S/c1-4-15-7-5-6-14(2)19(15)22-20(24)16-8-10-21-18(12-16)23(3)17-9-11-27(25,26)13-17/h5-8,10,12,17H,4,9,11,13H2,1-3H3,(H,22,24). The van der Waals surface area contributed by atoms with E-state index in [1.807, 2.05) is 37.1 Å². The Balaban J connectivity index is 1.80. The molecular weight excluding hydrogens is 362 g/mol. The van der Waals surface area contributed by atoms with Gasteiger partial charge in [-0.25, -0.2) is 13.4 Å². The normalized spacial score (nSPS) is 18.3. The minimum Gasteiger partial charge on any atom is -0.356 e. The van der Waals surface area contributed by atoms with E-state index in [4.69, 9.17) is 0 Å². The number of para-hydroxylation sites is 1. The lowest BCUT2D eigenvalue weighted by molar-refractivity contribution is 0.102. The molecule has 6 nitrogen and oxygen atoms in total. The molecule has 1 atom stereocenters. The van der Waals surface area contributed by atoms with Crippen molar-refractivity contribution in [2.75, 3.05) is 28.8 Å². The second-order valence-electron chi connectivity index (χ2n) is 6.99. The van der Waals surface area contributed by atoms with Crippen LogP contribution in [0.15, 0.2) is 36.5 Å². The van der Waals surface area contributed by atoms with Crippen molar-refractivity contribution in [1.82, 2.24) is 4.98 Å². The minimum absolute atomic E-state index is 0.108. The van der Waals surface area contributed by atoms with E-state index in [9.17, 15) is 13.2 Å². The molecule has 0 aliphatic carbocycles. The molecule has 1 N–H and O–H groups in total. The molecule has 1 fully saturated rings. The quantitative estimate of drug-likeness (QED) is 0.853. The molecule has 0 saturated carbocycles. The van der Waals surface area contributed by atoms with E-state index in [1.165, 1.54) is 0 Å². The van der Waals surface area contributed by atoms with Crippen LogP contribution in [0.4, 0.5) is 11.5 Å². The number of benzene rings is 1. The van der Waals surface area contributed by atoms with Gasteiger partial charge in [0.15, 0.2) is 9.84 Å². The molecule has 144 valence electrons. The number of sulfone groups is 1. The fourth-order valence-corrected chi connectivity index (χ4v) is 5.18. The summed E-state index contributed by atoms with van der Waals surface area (Å²) in [6.45, 7) is 4.03. The average molecular weight is 388 g/mol. The number of aryl methyl sites for hydroxylation is 2. The van der Waals surface area contributed by atoms with Crippen LogP contribution < -0.4 is 10.2 Å². The zero-order chi connectivity index (χ0) is 19.6. The van der Waals surface area contributed by atoms with Gasteiger partial charge in [0.2, 0.25) is 0 Å². The maximum atomic E-state index is 12.8. The lowest BCUT2D eigenvalue weighted by atomic mass is 10.1. The van der Waals surface area contributed by atoms with Gasteiger partial charge < -0.3 is 10.2 Å². The second kappa shape index (κ2) is 7.68. The average Bonchev–Trinajstić information content (AvgIpc) is 3.02. The maximum Gasteiger partial charge on any atom is 0.255 e. The fourth-order valence-electron chi connectivity index (χ4n) is 3.41. The lowest BCUT2D eigenvalue weighted by Crippen LogP contribution is -2.33. The number of pyridine rings is 1. The summed E-state index contributed by atoms with van der Waals surface area (Å²) in [6.07, 6.45) is 3.00. The highest BCUT2D eigenvalue weighted by Gasteiger charge is 2.31. The SMILES string of the molecule is CCc1cccc(C)c1NC(=O)c1ccnc(N(C)C2CCS(=O)(=O)C2)c1. The summed E-state index contributed by atoms with van der Waals surface area (Å²) in [5.74, 6) is 0.736. The van der Waals surface area contributed by atoms with Crippen molar-refractivity contribution in [2.45, 2.75) is 32.7 Å². The van der Waals surface area contributed by atoms with Crippen molar-refractivity contribution in [2.24, 2.45) is 0 Å². The van der Waals surface area contributed by atoms with Gasteiger partial charge in [0.25, 0.3) is 5.91 Å². The number of rotatable bonds is 5. The molecule has 2 aromatic rings. The number of aromatic nitrogens is 1. The Hall–Kier alpha value is -2.41. The van der Waals surface area contributed by atoms with Crippen LogP contribution in [0.3, 0.4) is 0 Å². The van der Waals surface area contributed by atoms with Crippen LogP contribution >= 0.6 is 0 Å². The molecular formula is C20H25N3O3S. The van der Waals surface area contributed by atoms with E-state index in [-0.39, 0.29) is 23.5 Å². The minimum atomic E-state index is -2.98. The van der Waals surface area contributed by atoms with E-state index in [2.05, 4.69) is 17.2 Å². The van der Waals surface area contributed by atoms with E-state index in [0.717, 1.165) is 23.2 Å². The highest BCUT2D eigenvalue weighted by molar-refractivity contribution is 7.91. The zero-order valence-electron chi connectivity index (χ0n) is 15.9. The Morgan fingerprint density at radius 2 is 2.11 bits per heavy atom. The Morgan fingerprint density at radius 3 is 2.78 bits per heavy atom. The fraction of sp³-hybridized carbons (Fsp3) is 0.400. The van der Waals surface area contributed by atoms with E-state index >= 15 is 0 Å². The van der Waals surface area contributed by atoms with Crippen molar-refractivity contribution in [3.63, 3.8) is 0 Å². The summed E-state index contributed by atoms with van der Waals surface area (Å²) in [6, 6.07) is 9.24. The van der Waals surface area contributed by atoms with Crippen molar-refractivity contribution in [3.05, 3.63) is 53.2 Å². The smallest absolute Gasteiger partial charge is 0.255 e. The van der Waals surface area contributed by atoms with Gasteiger partial charge in [-0.1, -0.05) is 25.1 Å². The molecule has 1 unspecified atom stereocenters. The van der Waals surface area contributed by atoms with Crippen LogP contribution in [-0.4, -0.2) is 43.9 Å². The summed E-state index contributed by atoms with van der Waals surface area (Å²) < 4.78 is 23.5. The highest BCUT2D eigenvalue weighted by Crippen LogP contribution is 2.24. The van der Waals surface area contributed by atoms with Crippen molar-refractivity contribution >= 4 is 27.2 Å². The summed E-state index contributed by atoms with van der Waals surface area (Å²) in [4.78, 5) is 19.0. The Morgan fingerprint density at radius 1 is 1.33 bits per heavy atom. The summed E-state index contributed by atoms with van der Waals surface area (Å²) in [5, 5.41) is 3.01.